The van der Waals surface area contributed by atoms with Crippen molar-refractivity contribution in [2.45, 2.75) is 19.4 Å². The number of halogens is 1. The van der Waals surface area contributed by atoms with Gasteiger partial charge in [-0.2, -0.15) is 0 Å². The van der Waals surface area contributed by atoms with Gasteiger partial charge in [-0.3, -0.25) is 4.79 Å². The highest BCUT2D eigenvalue weighted by Gasteiger charge is 2.13. The predicted molar refractivity (Wildman–Crippen MR) is 119 cm³/mol. The molecule has 0 bridgehead atoms. The number of benzene rings is 3. The first-order chi connectivity index (χ1) is 15.5. The lowest BCUT2D eigenvalue weighted by Gasteiger charge is -2.14. The van der Waals surface area contributed by atoms with Crippen molar-refractivity contribution in [1.29, 1.82) is 0 Å². The third-order valence-corrected chi connectivity index (χ3v) is 4.80. The summed E-state index contributed by atoms with van der Waals surface area (Å²) >= 11 is 0. The summed E-state index contributed by atoms with van der Waals surface area (Å²) in [6.07, 6.45) is 0.881. The van der Waals surface area contributed by atoms with Crippen LogP contribution in [0.2, 0.25) is 0 Å². The van der Waals surface area contributed by atoms with Crippen molar-refractivity contribution in [1.82, 2.24) is 5.32 Å². The maximum atomic E-state index is 13.0. The number of rotatable bonds is 10. The second-order valence-electron chi connectivity index (χ2n) is 7.01. The van der Waals surface area contributed by atoms with Crippen LogP contribution in [-0.2, 0) is 17.8 Å². The Morgan fingerprint density at radius 2 is 1.53 bits per heavy atom. The van der Waals surface area contributed by atoms with Crippen LogP contribution in [0.5, 0.6) is 28.7 Å². The molecule has 0 heterocycles. The molecule has 0 aromatic heterocycles. The van der Waals surface area contributed by atoms with E-state index in [1.807, 2.05) is 24.3 Å². The second-order valence-corrected chi connectivity index (χ2v) is 7.01. The minimum atomic E-state index is -0.316. The Bertz CT molecular complexity index is 1030. The number of amides is 1. The second kappa shape index (κ2) is 11.0. The fourth-order valence-corrected chi connectivity index (χ4v) is 3.19. The molecule has 0 fully saturated rings. The lowest BCUT2D eigenvalue weighted by Crippen LogP contribution is -2.23. The maximum absolute atomic E-state index is 13.0. The first-order valence-electron chi connectivity index (χ1n) is 10.1. The molecule has 0 aliphatic carbocycles. The quantitative estimate of drug-likeness (QED) is 0.487. The number of carbonyl (C=O) groups excluding carboxylic acids is 1. The van der Waals surface area contributed by atoms with Gasteiger partial charge in [0.15, 0.2) is 11.5 Å². The minimum Gasteiger partial charge on any atom is -0.493 e. The molecule has 0 spiro atoms. The third kappa shape index (κ3) is 6.14. The molecule has 3 aromatic rings. The zero-order chi connectivity index (χ0) is 22.9. The van der Waals surface area contributed by atoms with Gasteiger partial charge in [0, 0.05) is 13.0 Å². The van der Waals surface area contributed by atoms with E-state index in [2.05, 4.69) is 5.32 Å². The van der Waals surface area contributed by atoms with Gasteiger partial charge in [0.2, 0.25) is 11.7 Å². The molecular formula is C25H26FNO5. The molecule has 0 unspecified atom stereocenters. The summed E-state index contributed by atoms with van der Waals surface area (Å²) < 4.78 is 34.8. The van der Waals surface area contributed by atoms with Crippen LogP contribution in [0.4, 0.5) is 4.39 Å². The van der Waals surface area contributed by atoms with Gasteiger partial charge >= 0.3 is 0 Å². The number of ether oxygens (including phenoxy) is 4. The molecule has 6 nitrogen and oxygen atoms in total. The van der Waals surface area contributed by atoms with Crippen LogP contribution in [0.25, 0.3) is 0 Å². The van der Waals surface area contributed by atoms with Gasteiger partial charge in [0.25, 0.3) is 0 Å². The standard InChI is InChI=1S/C25H26FNO5/c1-29-22-14-18(15-23(30-2)25(22)31-3)16-27-24(28)12-7-17-5-4-6-21(13-17)32-20-10-8-19(26)9-11-20/h4-6,8-11,13-15H,7,12,16H2,1-3H3,(H,27,28). The molecule has 0 saturated carbocycles. The van der Waals surface area contributed by atoms with Gasteiger partial charge in [-0.1, -0.05) is 12.1 Å². The monoisotopic (exact) mass is 439 g/mol. The summed E-state index contributed by atoms with van der Waals surface area (Å²) in [6.45, 7) is 0.337. The highest BCUT2D eigenvalue weighted by atomic mass is 19.1. The van der Waals surface area contributed by atoms with E-state index in [4.69, 9.17) is 18.9 Å². The molecule has 0 saturated heterocycles. The first-order valence-corrected chi connectivity index (χ1v) is 10.1. The molecule has 1 amide bonds. The largest absolute Gasteiger partial charge is 0.493 e. The van der Waals surface area contributed by atoms with E-state index in [1.54, 1.807) is 45.6 Å². The van der Waals surface area contributed by atoms with E-state index in [1.165, 1.54) is 12.1 Å². The average Bonchev–Trinajstić information content (AvgIpc) is 2.82. The molecule has 0 aliphatic heterocycles. The highest BCUT2D eigenvalue weighted by Crippen LogP contribution is 2.38. The van der Waals surface area contributed by atoms with E-state index in [9.17, 15) is 9.18 Å². The fraction of sp³-hybridized carbons (Fsp3) is 0.240. The lowest BCUT2D eigenvalue weighted by atomic mass is 10.1. The first kappa shape index (κ1) is 22.9. The van der Waals surface area contributed by atoms with Crippen LogP contribution in [0.3, 0.4) is 0 Å². The van der Waals surface area contributed by atoms with E-state index in [0.29, 0.717) is 48.1 Å². The number of nitrogens with one attached hydrogen (secondary N) is 1. The number of carbonyl (C=O) groups is 1. The Morgan fingerprint density at radius 1 is 0.844 bits per heavy atom. The topological polar surface area (TPSA) is 66.0 Å². The van der Waals surface area contributed by atoms with Crippen molar-refractivity contribution in [3.05, 3.63) is 77.6 Å². The number of hydrogen-bond donors (Lipinski definition) is 1. The fourth-order valence-electron chi connectivity index (χ4n) is 3.19. The van der Waals surface area contributed by atoms with E-state index in [0.717, 1.165) is 11.1 Å². The van der Waals surface area contributed by atoms with Crippen LogP contribution in [-0.4, -0.2) is 27.2 Å². The van der Waals surface area contributed by atoms with Crippen LogP contribution in [0.1, 0.15) is 17.5 Å². The molecule has 3 rings (SSSR count). The Balaban J connectivity index is 1.54. The van der Waals surface area contributed by atoms with Crippen molar-refractivity contribution in [3.8, 4) is 28.7 Å². The average molecular weight is 439 g/mol. The van der Waals surface area contributed by atoms with Crippen molar-refractivity contribution in [2.24, 2.45) is 0 Å². The summed E-state index contributed by atoms with van der Waals surface area (Å²) in [7, 11) is 4.64. The SMILES string of the molecule is COc1cc(CNC(=O)CCc2cccc(Oc3ccc(F)cc3)c2)cc(OC)c1OC. The van der Waals surface area contributed by atoms with Gasteiger partial charge < -0.3 is 24.3 Å². The Labute approximate surface area is 186 Å². The summed E-state index contributed by atoms with van der Waals surface area (Å²) in [5.41, 5.74) is 1.80. The van der Waals surface area contributed by atoms with E-state index < -0.39 is 0 Å². The molecule has 7 heteroatoms. The van der Waals surface area contributed by atoms with Crippen molar-refractivity contribution >= 4 is 5.91 Å². The predicted octanol–water partition coefficient (Wildman–Crippen LogP) is 4.89. The highest BCUT2D eigenvalue weighted by molar-refractivity contribution is 5.76. The van der Waals surface area contributed by atoms with Gasteiger partial charge in [-0.15, -0.1) is 0 Å². The van der Waals surface area contributed by atoms with Crippen molar-refractivity contribution in [2.75, 3.05) is 21.3 Å². The summed E-state index contributed by atoms with van der Waals surface area (Å²) in [6, 6.07) is 16.9. The Kier molecular flexibility index (Phi) is 7.91. The van der Waals surface area contributed by atoms with Gasteiger partial charge in [-0.05, 0) is 66.1 Å². The Hall–Kier alpha value is -3.74. The van der Waals surface area contributed by atoms with Gasteiger partial charge in [0.05, 0.1) is 21.3 Å². The molecule has 0 radical (unpaired) electrons. The molecule has 168 valence electrons. The summed E-state index contributed by atoms with van der Waals surface area (Å²) in [4.78, 5) is 12.4. The summed E-state index contributed by atoms with van der Waals surface area (Å²) in [5.74, 6) is 2.36. The van der Waals surface area contributed by atoms with Crippen LogP contribution >= 0.6 is 0 Å². The van der Waals surface area contributed by atoms with Crippen molar-refractivity contribution < 1.29 is 28.1 Å². The Morgan fingerprint density at radius 3 is 2.16 bits per heavy atom. The summed E-state index contributed by atoms with van der Waals surface area (Å²) in [5, 5.41) is 2.91. The molecular weight excluding hydrogens is 413 g/mol. The van der Waals surface area contributed by atoms with E-state index in [-0.39, 0.29) is 11.7 Å². The minimum absolute atomic E-state index is 0.0800. The van der Waals surface area contributed by atoms with Crippen LogP contribution < -0.4 is 24.3 Å². The molecule has 32 heavy (non-hydrogen) atoms. The molecule has 0 aliphatic rings. The zero-order valence-electron chi connectivity index (χ0n) is 18.3. The molecule has 3 aromatic carbocycles. The normalized spacial score (nSPS) is 10.4. The van der Waals surface area contributed by atoms with Gasteiger partial charge in [0.1, 0.15) is 17.3 Å². The maximum Gasteiger partial charge on any atom is 0.220 e. The van der Waals surface area contributed by atoms with Gasteiger partial charge in [-0.25, -0.2) is 4.39 Å². The lowest BCUT2D eigenvalue weighted by molar-refractivity contribution is -0.121. The smallest absolute Gasteiger partial charge is 0.220 e. The number of hydrogen-bond acceptors (Lipinski definition) is 5. The van der Waals surface area contributed by atoms with Crippen LogP contribution in [0.15, 0.2) is 60.7 Å². The number of methoxy groups -OCH3 is 3. The zero-order valence-corrected chi connectivity index (χ0v) is 18.3. The number of aryl methyl sites for hydroxylation is 1. The third-order valence-electron chi connectivity index (χ3n) is 4.80. The molecule has 1 N–H and O–H groups in total. The van der Waals surface area contributed by atoms with Crippen molar-refractivity contribution in [3.63, 3.8) is 0 Å². The molecule has 0 atom stereocenters. The van der Waals surface area contributed by atoms with Crippen LogP contribution in [0, 0.1) is 5.82 Å². The van der Waals surface area contributed by atoms with E-state index >= 15 is 0 Å².